The van der Waals surface area contributed by atoms with Gasteiger partial charge in [-0.25, -0.2) is 4.79 Å². The van der Waals surface area contributed by atoms with Gasteiger partial charge in [0.2, 0.25) is 17.7 Å². The molecule has 6 N–H and O–H groups in total. The highest BCUT2D eigenvalue weighted by atomic mass is 32.2. The molecule has 0 aromatic heterocycles. The van der Waals surface area contributed by atoms with Crippen molar-refractivity contribution in [2.24, 2.45) is 5.73 Å². The Bertz CT molecular complexity index is 869. The van der Waals surface area contributed by atoms with E-state index in [0.717, 1.165) is 0 Å². The molecular formula is C22H32N4O6S2. The van der Waals surface area contributed by atoms with Gasteiger partial charge in [0.1, 0.15) is 23.9 Å². The van der Waals surface area contributed by atoms with Gasteiger partial charge < -0.3 is 31.5 Å². The summed E-state index contributed by atoms with van der Waals surface area (Å²) in [6.45, 7) is 0.279. The summed E-state index contributed by atoms with van der Waals surface area (Å²) in [6.07, 6.45) is 3.17. The van der Waals surface area contributed by atoms with Crippen molar-refractivity contribution in [2.45, 2.75) is 49.9 Å². The van der Waals surface area contributed by atoms with E-state index in [1.54, 1.807) is 12.1 Å². The summed E-state index contributed by atoms with van der Waals surface area (Å²) in [4.78, 5) is 51.7. The number of nitrogens with zero attached hydrogens (tertiary/aromatic N) is 1. The lowest BCUT2D eigenvalue weighted by Crippen LogP contribution is -2.58. The van der Waals surface area contributed by atoms with E-state index in [4.69, 9.17) is 5.73 Å². The SMILES string of the molecule is CSCCC(NC(=O)C(N)CS)C(=O)NC(Cc1ccc(O)cc1)C(=O)N1CCCC1C(=O)O. The highest BCUT2D eigenvalue weighted by Crippen LogP contribution is 2.20. The minimum atomic E-state index is -1.09. The summed E-state index contributed by atoms with van der Waals surface area (Å²) in [5.41, 5.74) is 6.39. The van der Waals surface area contributed by atoms with Crippen molar-refractivity contribution in [1.82, 2.24) is 15.5 Å². The number of nitrogens with one attached hydrogen (secondary N) is 2. The summed E-state index contributed by atoms with van der Waals surface area (Å²) >= 11 is 5.51. The number of aliphatic carboxylic acids is 1. The minimum absolute atomic E-state index is 0.0570. The zero-order chi connectivity index (χ0) is 25.3. The molecule has 1 aliphatic rings. The van der Waals surface area contributed by atoms with Gasteiger partial charge in [0.25, 0.3) is 0 Å². The fourth-order valence-corrected chi connectivity index (χ4v) is 4.33. The molecule has 0 radical (unpaired) electrons. The van der Waals surface area contributed by atoms with E-state index in [-0.39, 0.29) is 24.5 Å². The van der Waals surface area contributed by atoms with Crippen molar-refractivity contribution in [3.05, 3.63) is 29.8 Å². The van der Waals surface area contributed by atoms with Crippen LogP contribution >= 0.6 is 24.4 Å². The first kappa shape index (κ1) is 27.8. The quantitative estimate of drug-likeness (QED) is 0.213. The molecule has 4 unspecified atom stereocenters. The summed E-state index contributed by atoms with van der Waals surface area (Å²) < 4.78 is 0. The maximum Gasteiger partial charge on any atom is 0.326 e. The number of carbonyl (C=O) groups excluding carboxylic acids is 3. The van der Waals surface area contributed by atoms with Crippen LogP contribution in [0.15, 0.2) is 24.3 Å². The largest absolute Gasteiger partial charge is 0.508 e. The molecule has 2 rings (SSSR count). The lowest BCUT2D eigenvalue weighted by atomic mass is 10.0. The maximum atomic E-state index is 13.4. The number of likely N-dealkylation sites (tertiary alicyclic amines) is 1. The average Bonchev–Trinajstić information content (AvgIpc) is 3.31. The number of carboxylic acid groups (broad SMARTS) is 1. The Morgan fingerprint density at radius 3 is 2.41 bits per heavy atom. The number of hydrogen-bond acceptors (Lipinski definition) is 8. The number of thiol groups is 1. The van der Waals surface area contributed by atoms with E-state index < -0.39 is 47.9 Å². The van der Waals surface area contributed by atoms with Crippen LogP contribution in [0, 0.1) is 0 Å². The topological polar surface area (TPSA) is 162 Å². The molecule has 0 bridgehead atoms. The van der Waals surface area contributed by atoms with Crippen LogP contribution in [0.2, 0.25) is 0 Å². The van der Waals surface area contributed by atoms with E-state index in [1.807, 2.05) is 6.26 Å². The molecule has 1 aliphatic heterocycles. The normalized spacial score (nSPS) is 18.1. The molecule has 10 nitrogen and oxygen atoms in total. The lowest BCUT2D eigenvalue weighted by molar-refractivity contribution is -0.149. The number of nitrogens with two attached hydrogens (primary N) is 1. The number of carbonyl (C=O) groups is 4. The van der Waals surface area contributed by atoms with Crippen LogP contribution in [0.1, 0.15) is 24.8 Å². The fourth-order valence-electron chi connectivity index (χ4n) is 3.69. The lowest BCUT2D eigenvalue weighted by Gasteiger charge is -2.29. The Hall–Kier alpha value is -2.44. The molecule has 1 fully saturated rings. The second-order valence-electron chi connectivity index (χ2n) is 8.09. The van der Waals surface area contributed by atoms with Gasteiger partial charge in [0.05, 0.1) is 6.04 Å². The van der Waals surface area contributed by atoms with Crippen molar-refractivity contribution in [3.63, 3.8) is 0 Å². The van der Waals surface area contributed by atoms with Gasteiger partial charge in [-0.05, 0) is 49.0 Å². The van der Waals surface area contributed by atoms with E-state index >= 15 is 0 Å². The number of amides is 3. The van der Waals surface area contributed by atoms with Gasteiger partial charge in [0, 0.05) is 18.7 Å². The number of rotatable bonds is 12. The Morgan fingerprint density at radius 2 is 1.82 bits per heavy atom. The van der Waals surface area contributed by atoms with Gasteiger partial charge in [-0.1, -0.05) is 12.1 Å². The second kappa shape index (κ2) is 13.4. The Balaban J connectivity index is 2.25. The Kier molecular flexibility index (Phi) is 11.0. The zero-order valence-electron chi connectivity index (χ0n) is 19.0. The van der Waals surface area contributed by atoms with Crippen molar-refractivity contribution in [3.8, 4) is 5.75 Å². The van der Waals surface area contributed by atoms with Crippen molar-refractivity contribution < 1.29 is 29.4 Å². The smallest absolute Gasteiger partial charge is 0.326 e. The first-order valence-electron chi connectivity index (χ1n) is 10.9. The van der Waals surface area contributed by atoms with E-state index in [9.17, 15) is 29.4 Å². The predicted octanol–water partition coefficient (Wildman–Crippen LogP) is -0.00990. The van der Waals surface area contributed by atoms with E-state index in [2.05, 4.69) is 23.3 Å². The molecule has 188 valence electrons. The van der Waals surface area contributed by atoms with Gasteiger partial charge >= 0.3 is 5.97 Å². The zero-order valence-corrected chi connectivity index (χ0v) is 20.7. The second-order valence-corrected chi connectivity index (χ2v) is 9.44. The van der Waals surface area contributed by atoms with Crippen LogP contribution in [0.25, 0.3) is 0 Å². The van der Waals surface area contributed by atoms with Crippen LogP contribution in [0.5, 0.6) is 5.75 Å². The maximum absolute atomic E-state index is 13.4. The van der Waals surface area contributed by atoms with Crippen LogP contribution < -0.4 is 16.4 Å². The third-order valence-electron chi connectivity index (χ3n) is 5.59. The molecular weight excluding hydrogens is 480 g/mol. The molecule has 3 amide bonds. The standard InChI is InChI=1S/C22H32N4O6S2/c1-34-10-8-16(24-19(28)15(23)12-33)20(29)25-17(11-13-4-6-14(27)7-5-13)21(30)26-9-2-3-18(26)22(31)32/h4-7,15-18,27,33H,2-3,8-12,23H2,1H3,(H,24,28)(H,25,29)(H,31,32). The van der Waals surface area contributed by atoms with E-state index in [0.29, 0.717) is 30.6 Å². The van der Waals surface area contributed by atoms with Crippen LogP contribution in [-0.4, -0.2) is 87.3 Å². The van der Waals surface area contributed by atoms with E-state index in [1.165, 1.54) is 28.8 Å². The first-order valence-corrected chi connectivity index (χ1v) is 13.0. The Morgan fingerprint density at radius 1 is 1.18 bits per heavy atom. The highest BCUT2D eigenvalue weighted by molar-refractivity contribution is 7.98. The predicted molar refractivity (Wildman–Crippen MR) is 133 cm³/mol. The van der Waals surface area contributed by atoms with Gasteiger partial charge in [-0.15, -0.1) is 0 Å². The number of benzene rings is 1. The van der Waals surface area contributed by atoms with Crippen molar-refractivity contribution in [1.29, 1.82) is 0 Å². The number of phenolic OH excluding ortho intramolecular Hbond substituents is 1. The Labute approximate surface area is 208 Å². The third kappa shape index (κ3) is 7.81. The monoisotopic (exact) mass is 512 g/mol. The molecule has 1 aromatic rings. The van der Waals surface area contributed by atoms with Crippen molar-refractivity contribution >= 4 is 48.1 Å². The molecule has 1 saturated heterocycles. The van der Waals surface area contributed by atoms with Gasteiger partial charge in [0.15, 0.2) is 0 Å². The van der Waals surface area contributed by atoms with Gasteiger partial charge in [-0.3, -0.25) is 14.4 Å². The highest BCUT2D eigenvalue weighted by Gasteiger charge is 2.38. The number of carboxylic acids is 1. The first-order chi connectivity index (χ1) is 16.2. The minimum Gasteiger partial charge on any atom is -0.508 e. The van der Waals surface area contributed by atoms with Gasteiger partial charge in [-0.2, -0.15) is 24.4 Å². The summed E-state index contributed by atoms with van der Waals surface area (Å²) in [5, 5.41) is 24.4. The van der Waals surface area contributed by atoms with Crippen molar-refractivity contribution in [2.75, 3.05) is 24.3 Å². The molecule has 1 heterocycles. The number of phenols is 1. The number of hydrogen-bond donors (Lipinski definition) is 6. The number of aromatic hydroxyl groups is 1. The third-order valence-corrected chi connectivity index (χ3v) is 6.63. The summed E-state index contributed by atoms with van der Waals surface area (Å²) in [7, 11) is 0. The molecule has 0 aliphatic carbocycles. The number of thioether (sulfide) groups is 1. The fraction of sp³-hybridized carbons (Fsp3) is 0.545. The average molecular weight is 513 g/mol. The molecule has 12 heteroatoms. The van der Waals surface area contributed by atoms with Crippen LogP contribution in [0.3, 0.4) is 0 Å². The molecule has 34 heavy (non-hydrogen) atoms. The van der Waals surface area contributed by atoms with Crippen LogP contribution in [0.4, 0.5) is 0 Å². The van der Waals surface area contributed by atoms with Crippen LogP contribution in [-0.2, 0) is 25.6 Å². The molecule has 1 aromatic carbocycles. The molecule has 0 spiro atoms. The molecule has 4 atom stereocenters. The molecule has 0 saturated carbocycles. The summed E-state index contributed by atoms with van der Waals surface area (Å²) in [6, 6.07) is 2.37. The summed E-state index contributed by atoms with van der Waals surface area (Å²) in [5.74, 6) is -1.93.